The Hall–Kier alpha value is -1.26. The van der Waals surface area contributed by atoms with Gasteiger partial charge in [-0.15, -0.1) is 0 Å². The Balaban J connectivity index is 2.02. The zero-order valence-electron chi connectivity index (χ0n) is 10.6. The lowest BCUT2D eigenvalue weighted by atomic mass is 10.1. The third kappa shape index (κ3) is 2.07. The van der Waals surface area contributed by atoms with Gasteiger partial charge in [0.05, 0.1) is 19.1 Å². The van der Waals surface area contributed by atoms with E-state index < -0.39 is 24.5 Å². The van der Waals surface area contributed by atoms with Gasteiger partial charge in [-0.3, -0.25) is 4.57 Å². The monoisotopic (exact) mass is 298 g/mol. The van der Waals surface area contributed by atoms with Crippen molar-refractivity contribution < 1.29 is 20.1 Å². The fourth-order valence-electron chi connectivity index (χ4n) is 2.21. The van der Waals surface area contributed by atoms with Gasteiger partial charge in [0.1, 0.15) is 23.8 Å². The lowest BCUT2D eigenvalue weighted by molar-refractivity contribution is -0.0511. The summed E-state index contributed by atoms with van der Waals surface area (Å²) in [6.07, 6.45) is 0.956. The first-order valence-corrected chi connectivity index (χ1v) is 7.24. The van der Waals surface area contributed by atoms with Crippen molar-refractivity contribution in [3.05, 3.63) is 12.5 Å². The Labute approximate surface area is 118 Å². The minimum atomic E-state index is -1.16. The number of aliphatic hydroxyl groups excluding tert-OH is 3. The number of thioether (sulfide) groups is 1. The molecule has 0 aliphatic carbocycles. The summed E-state index contributed by atoms with van der Waals surface area (Å²) in [5.41, 5.74) is 1.08. The lowest BCUT2D eigenvalue weighted by Crippen LogP contribution is -2.33. The SMILES string of the molecule is CSc1ncc2ncn([C@@H]3O[C@@H](CO)[C@@H](O)[C@H]3O)c2n1. The van der Waals surface area contributed by atoms with Crippen LogP contribution in [0.5, 0.6) is 0 Å². The number of rotatable bonds is 3. The first kappa shape index (κ1) is 13.7. The molecule has 2 aromatic rings. The second-order valence-electron chi connectivity index (χ2n) is 4.45. The summed E-state index contributed by atoms with van der Waals surface area (Å²) in [5, 5.41) is 29.5. The predicted octanol–water partition coefficient (Wildman–Crippen LogP) is -0.840. The fraction of sp³-hybridized carbons (Fsp3) is 0.545. The highest BCUT2D eigenvalue weighted by Gasteiger charge is 2.43. The predicted molar refractivity (Wildman–Crippen MR) is 70.1 cm³/mol. The number of ether oxygens (including phenoxy) is 1. The van der Waals surface area contributed by atoms with Crippen LogP contribution < -0.4 is 0 Å². The molecule has 0 aromatic carbocycles. The van der Waals surface area contributed by atoms with E-state index in [-0.39, 0.29) is 6.61 Å². The van der Waals surface area contributed by atoms with Crippen LogP contribution in [0.3, 0.4) is 0 Å². The number of imidazole rings is 1. The van der Waals surface area contributed by atoms with Crippen molar-refractivity contribution in [3.8, 4) is 0 Å². The Morgan fingerprint density at radius 2 is 2.15 bits per heavy atom. The maximum Gasteiger partial charge on any atom is 0.189 e. The molecule has 0 bridgehead atoms. The van der Waals surface area contributed by atoms with Crippen LogP contribution in [-0.2, 0) is 4.74 Å². The summed E-state index contributed by atoms with van der Waals surface area (Å²) in [5.74, 6) is 0. The topological polar surface area (TPSA) is 114 Å². The Bertz CT molecular complexity index is 621. The van der Waals surface area contributed by atoms with E-state index in [9.17, 15) is 10.2 Å². The molecule has 3 rings (SSSR count). The quantitative estimate of drug-likeness (QED) is 0.496. The van der Waals surface area contributed by atoms with E-state index >= 15 is 0 Å². The summed E-state index contributed by atoms with van der Waals surface area (Å²) in [6, 6.07) is 0. The van der Waals surface area contributed by atoms with Crippen molar-refractivity contribution in [1.82, 2.24) is 19.5 Å². The molecule has 0 spiro atoms. The zero-order valence-corrected chi connectivity index (χ0v) is 11.4. The first-order valence-electron chi connectivity index (χ1n) is 6.01. The van der Waals surface area contributed by atoms with Crippen LogP contribution in [0.15, 0.2) is 17.7 Å². The van der Waals surface area contributed by atoms with Gasteiger partial charge in [-0.2, -0.15) is 0 Å². The molecule has 0 saturated carbocycles. The molecule has 0 amide bonds. The van der Waals surface area contributed by atoms with Crippen molar-refractivity contribution in [2.75, 3.05) is 12.9 Å². The van der Waals surface area contributed by atoms with Crippen LogP contribution in [0.25, 0.3) is 11.2 Å². The molecule has 1 aliphatic heterocycles. The van der Waals surface area contributed by atoms with Crippen LogP contribution >= 0.6 is 11.8 Å². The van der Waals surface area contributed by atoms with Gasteiger partial charge < -0.3 is 20.1 Å². The molecular formula is C11H14N4O4S. The molecule has 2 aromatic heterocycles. The van der Waals surface area contributed by atoms with E-state index in [0.717, 1.165) is 0 Å². The molecule has 4 atom stereocenters. The van der Waals surface area contributed by atoms with E-state index in [1.165, 1.54) is 18.1 Å². The molecule has 3 heterocycles. The number of nitrogens with zero attached hydrogens (tertiary/aromatic N) is 4. The molecule has 0 radical (unpaired) electrons. The molecule has 0 unspecified atom stereocenters. The van der Waals surface area contributed by atoms with Crippen molar-refractivity contribution >= 4 is 22.9 Å². The number of aromatic nitrogens is 4. The fourth-order valence-corrected chi connectivity index (χ4v) is 2.54. The van der Waals surface area contributed by atoms with Crippen LogP contribution in [0.2, 0.25) is 0 Å². The molecule has 108 valence electrons. The van der Waals surface area contributed by atoms with Gasteiger partial charge in [0, 0.05) is 0 Å². The second kappa shape index (κ2) is 5.26. The summed E-state index contributed by atoms with van der Waals surface area (Å²) < 4.78 is 7.01. The third-order valence-corrected chi connectivity index (χ3v) is 3.83. The maximum atomic E-state index is 10.0. The Morgan fingerprint density at radius 3 is 2.80 bits per heavy atom. The van der Waals surface area contributed by atoms with E-state index in [1.54, 1.807) is 10.8 Å². The summed E-state index contributed by atoms with van der Waals surface area (Å²) in [4.78, 5) is 12.6. The van der Waals surface area contributed by atoms with Crippen molar-refractivity contribution in [3.63, 3.8) is 0 Å². The minimum Gasteiger partial charge on any atom is -0.394 e. The second-order valence-corrected chi connectivity index (χ2v) is 5.22. The molecular weight excluding hydrogens is 284 g/mol. The number of aliphatic hydroxyl groups is 3. The van der Waals surface area contributed by atoms with Gasteiger partial charge in [0.2, 0.25) is 0 Å². The van der Waals surface area contributed by atoms with Crippen molar-refractivity contribution in [1.29, 1.82) is 0 Å². The molecule has 9 heteroatoms. The minimum absolute atomic E-state index is 0.369. The smallest absolute Gasteiger partial charge is 0.189 e. The largest absolute Gasteiger partial charge is 0.394 e. The van der Waals surface area contributed by atoms with E-state index in [0.29, 0.717) is 16.3 Å². The summed E-state index contributed by atoms with van der Waals surface area (Å²) in [6.45, 7) is -0.369. The van der Waals surface area contributed by atoms with Gasteiger partial charge in [-0.05, 0) is 6.26 Å². The molecule has 1 saturated heterocycles. The van der Waals surface area contributed by atoms with Crippen molar-refractivity contribution in [2.24, 2.45) is 0 Å². The average molecular weight is 298 g/mol. The summed E-state index contributed by atoms with van der Waals surface area (Å²) in [7, 11) is 0. The average Bonchev–Trinajstić information content (AvgIpc) is 3.01. The number of hydrogen-bond acceptors (Lipinski definition) is 8. The molecule has 3 N–H and O–H groups in total. The summed E-state index contributed by atoms with van der Waals surface area (Å²) >= 11 is 1.39. The highest BCUT2D eigenvalue weighted by Crippen LogP contribution is 2.31. The van der Waals surface area contributed by atoms with Gasteiger partial charge in [-0.25, -0.2) is 15.0 Å². The molecule has 20 heavy (non-hydrogen) atoms. The van der Waals surface area contributed by atoms with E-state index in [1.807, 2.05) is 6.26 Å². The normalized spacial score (nSPS) is 30.2. The van der Waals surface area contributed by atoms with Crippen LogP contribution in [0, 0.1) is 0 Å². The zero-order chi connectivity index (χ0) is 14.3. The van der Waals surface area contributed by atoms with Gasteiger partial charge in [0.15, 0.2) is 17.0 Å². The molecule has 8 nitrogen and oxygen atoms in total. The van der Waals surface area contributed by atoms with Crippen LogP contribution in [0.1, 0.15) is 6.23 Å². The van der Waals surface area contributed by atoms with E-state index in [2.05, 4.69) is 15.0 Å². The van der Waals surface area contributed by atoms with Gasteiger partial charge in [0.25, 0.3) is 0 Å². The first-order chi connectivity index (χ1) is 9.65. The Kier molecular flexibility index (Phi) is 3.61. The Morgan fingerprint density at radius 1 is 1.35 bits per heavy atom. The molecule has 1 fully saturated rings. The van der Waals surface area contributed by atoms with E-state index in [4.69, 9.17) is 9.84 Å². The standard InChI is InChI=1S/C11H14N4O4S/c1-20-11-12-2-5-9(14-11)15(4-13-5)10-8(18)7(17)6(3-16)19-10/h2,4,6-8,10,16-18H,3H2,1H3/t6-,7+,8+,10+/m0/s1. The van der Waals surface area contributed by atoms with Gasteiger partial charge in [-0.1, -0.05) is 11.8 Å². The highest BCUT2D eigenvalue weighted by atomic mass is 32.2. The van der Waals surface area contributed by atoms with Gasteiger partial charge >= 0.3 is 0 Å². The maximum absolute atomic E-state index is 10.0. The number of hydrogen-bond donors (Lipinski definition) is 3. The number of fused-ring (bicyclic) bond motifs is 1. The molecule has 1 aliphatic rings. The van der Waals surface area contributed by atoms with Crippen molar-refractivity contribution in [2.45, 2.75) is 29.7 Å². The highest BCUT2D eigenvalue weighted by molar-refractivity contribution is 7.98. The van der Waals surface area contributed by atoms with Crippen LogP contribution in [-0.4, -0.2) is 66.0 Å². The lowest BCUT2D eigenvalue weighted by Gasteiger charge is -2.16. The van der Waals surface area contributed by atoms with Crippen LogP contribution in [0.4, 0.5) is 0 Å². The third-order valence-electron chi connectivity index (χ3n) is 3.27.